The number of benzene rings is 1. The number of aromatic hydroxyl groups is 1. The molecule has 0 atom stereocenters. The summed E-state index contributed by atoms with van der Waals surface area (Å²) < 4.78 is 0. The Labute approximate surface area is 113 Å². The molecule has 0 aliphatic heterocycles. The number of allylic oxidation sites excluding steroid dienone is 2. The van der Waals surface area contributed by atoms with Crippen LogP contribution in [0.1, 0.15) is 19.4 Å². The van der Waals surface area contributed by atoms with Gasteiger partial charge in [0.15, 0.2) is 0 Å². The van der Waals surface area contributed by atoms with E-state index in [9.17, 15) is 5.11 Å². The van der Waals surface area contributed by atoms with Crippen LogP contribution >= 0.6 is 0 Å². The van der Waals surface area contributed by atoms with Crippen LogP contribution < -0.4 is 5.73 Å². The van der Waals surface area contributed by atoms with Crippen molar-refractivity contribution in [2.75, 3.05) is 0 Å². The topological polar surface area (TPSA) is 71.0 Å². The largest absolute Gasteiger partial charge is 0.508 e. The molecule has 4 heteroatoms. The van der Waals surface area contributed by atoms with Gasteiger partial charge in [-0.1, -0.05) is 18.7 Å². The first-order chi connectivity index (χ1) is 9.04. The van der Waals surface area contributed by atoms with E-state index in [1.165, 1.54) is 6.20 Å². The molecule has 0 saturated carbocycles. The minimum Gasteiger partial charge on any atom is -0.508 e. The van der Waals surface area contributed by atoms with Gasteiger partial charge in [-0.3, -0.25) is 9.98 Å². The third-order valence-corrected chi connectivity index (χ3v) is 2.50. The number of hydrogen-bond donors (Lipinski definition) is 2. The molecule has 0 spiro atoms. The lowest BCUT2D eigenvalue weighted by Gasteiger charge is -2.03. The molecule has 3 N–H and O–H groups in total. The molecule has 1 rings (SSSR count). The Bertz CT molecular complexity index is 538. The number of nitrogens with two attached hydrogens (primary N) is 1. The van der Waals surface area contributed by atoms with E-state index in [0.717, 1.165) is 16.8 Å². The average Bonchev–Trinajstić information content (AvgIpc) is 2.34. The minimum absolute atomic E-state index is 0.239. The van der Waals surface area contributed by atoms with Crippen LogP contribution in [0.15, 0.2) is 58.3 Å². The quantitative estimate of drug-likeness (QED) is 0.796. The zero-order valence-electron chi connectivity index (χ0n) is 11.3. The maximum atomic E-state index is 9.36. The Balaban J connectivity index is 2.82. The smallest absolute Gasteiger partial charge is 0.115 e. The predicted octanol–water partition coefficient (Wildman–Crippen LogP) is 2.80. The van der Waals surface area contributed by atoms with Crippen molar-refractivity contribution in [1.82, 2.24) is 0 Å². The van der Waals surface area contributed by atoms with Crippen molar-refractivity contribution in [2.24, 2.45) is 15.7 Å². The third kappa shape index (κ3) is 4.79. The van der Waals surface area contributed by atoms with Gasteiger partial charge in [0.05, 0.1) is 6.54 Å². The molecule has 1 aromatic rings. The molecule has 0 fully saturated rings. The molecule has 0 aromatic heterocycles. The molecule has 0 saturated heterocycles. The van der Waals surface area contributed by atoms with E-state index in [0.29, 0.717) is 12.2 Å². The molecular weight excluding hydrogens is 238 g/mol. The monoisotopic (exact) mass is 257 g/mol. The molecule has 0 unspecified atom stereocenters. The number of hydrogen-bond acceptors (Lipinski definition) is 4. The Morgan fingerprint density at radius 2 is 2.16 bits per heavy atom. The summed E-state index contributed by atoms with van der Waals surface area (Å²) in [5.41, 5.74) is 8.96. The summed E-state index contributed by atoms with van der Waals surface area (Å²) in [5.74, 6) is 0.239. The Morgan fingerprint density at radius 3 is 2.74 bits per heavy atom. The van der Waals surface area contributed by atoms with Gasteiger partial charge >= 0.3 is 0 Å². The van der Waals surface area contributed by atoms with Crippen LogP contribution in [0, 0.1) is 0 Å². The zero-order chi connectivity index (χ0) is 14.3. The van der Waals surface area contributed by atoms with Gasteiger partial charge in [0, 0.05) is 29.4 Å². The maximum Gasteiger partial charge on any atom is 0.115 e. The van der Waals surface area contributed by atoms with E-state index < -0.39 is 0 Å². The zero-order valence-corrected chi connectivity index (χ0v) is 11.3. The fraction of sp³-hybridized carbons (Fsp3) is 0.200. The van der Waals surface area contributed by atoms with Crippen molar-refractivity contribution in [2.45, 2.75) is 20.4 Å². The van der Waals surface area contributed by atoms with Crippen molar-refractivity contribution in [1.29, 1.82) is 0 Å². The molecule has 0 amide bonds. The second-order valence-corrected chi connectivity index (χ2v) is 4.13. The van der Waals surface area contributed by atoms with Gasteiger partial charge < -0.3 is 10.8 Å². The van der Waals surface area contributed by atoms with Crippen LogP contribution in [0.2, 0.25) is 0 Å². The maximum absolute atomic E-state index is 9.36. The second kappa shape index (κ2) is 7.16. The van der Waals surface area contributed by atoms with Crippen LogP contribution in [-0.2, 0) is 6.54 Å². The normalized spacial score (nSPS) is 13.5. The van der Waals surface area contributed by atoms with Crippen LogP contribution in [0.5, 0.6) is 5.75 Å². The molecule has 0 heterocycles. The van der Waals surface area contributed by atoms with E-state index in [1.54, 1.807) is 31.3 Å². The summed E-state index contributed by atoms with van der Waals surface area (Å²) >= 11 is 0. The van der Waals surface area contributed by atoms with Gasteiger partial charge in [-0.05, 0) is 31.5 Å². The van der Waals surface area contributed by atoms with E-state index in [1.807, 2.05) is 13.0 Å². The van der Waals surface area contributed by atoms with Crippen LogP contribution in [0.4, 0.5) is 0 Å². The molecule has 1 aromatic carbocycles. The van der Waals surface area contributed by atoms with Gasteiger partial charge in [0.25, 0.3) is 0 Å². The lowest BCUT2D eigenvalue weighted by molar-refractivity contribution is 0.474. The van der Waals surface area contributed by atoms with E-state index in [4.69, 9.17) is 5.73 Å². The molecule has 100 valence electrons. The SMILES string of the molecule is C=CN=C(C)/C(C=NCc1cccc(O)c1)=C(\C)N. The van der Waals surface area contributed by atoms with Crippen LogP contribution in [0.3, 0.4) is 0 Å². The molecule has 4 nitrogen and oxygen atoms in total. The minimum atomic E-state index is 0.239. The lowest BCUT2D eigenvalue weighted by Crippen LogP contribution is -2.07. The summed E-state index contributed by atoms with van der Waals surface area (Å²) in [4.78, 5) is 8.42. The summed E-state index contributed by atoms with van der Waals surface area (Å²) in [5, 5.41) is 9.36. The van der Waals surface area contributed by atoms with Crippen molar-refractivity contribution < 1.29 is 5.11 Å². The van der Waals surface area contributed by atoms with Crippen molar-refractivity contribution in [3.63, 3.8) is 0 Å². The highest BCUT2D eigenvalue weighted by molar-refractivity contribution is 6.15. The van der Waals surface area contributed by atoms with Gasteiger partial charge in [0.1, 0.15) is 5.75 Å². The van der Waals surface area contributed by atoms with Crippen molar-refractivity contribution >= 4 is 11.9 Å². The Kier molecular flexibility index (Phi) is 5.54. The number of aliphatic imine (C=N–C) groups is 2. The highest BCUT2D eigenvalue weighted by Crippen LogP contribution is 2.11. The fourth-order valence-electron chi connectivity index (χ4n) is 1.58. The summed E-state index contributed by atoms with van der Waals surface area (Å²) in [6, 6.07) is 7.00. The molecule has 0 aliphatic carbocycles. The second-order valence-electron chi connectivity index (χ2n) is 4.13. The van der Waals surface area contributed by atoms with Crippen LogP contribution in [-0.4, -0.2) is 17.0 Å². The first-order valence-electron chi connectivity index (χ1n) is 5.94. The van der Waals surface area contributed by atoms with E-state index in [2.05, 4.69) is 16.6 Å². The Hall–Kier alpha value is -2.36. The van der Waals surface area contributed by atoms with Gasteiger partial charge in [-0.25, -0.2) is 0 Å². The highest BCUT2D eigenvalue weighted by Gasteiger charge is 2.01. The van der Waals surface area contributed by atoms with Crippen LogP contribution in [0.25, 0.3) is 0 Å². The average molecular weight is 257 g/mol. The standard InChI is InChI=1S/C15H19N3O/c1-4-18-12(3)15(11(2)16)10-17-9-13-6-5-7-14(19)8-13/h4-8,10,19H,1,9,16H2,2-3H3/b15-11+,17-10?,18-12?. The van der Waals surface area contributed by atoms with Crippen molar-refractivity contribution in [3.05, 3.63) is 53.9 Å². The highest BCUT2D eigenvalue weighted by atomic mass is 16.3. The summed E-state index contributed by atoms with van der Waals surface area (Å²) in [6.45, 7) is 7.69. The fourth-order valence-corrected chi connectivity index (χ4v) is 1.58. The van der Waals surface area contributed by atoms with Gasteiger partial charge in [-0.2, -0.15) is 0 Å². The predicted molar refractivity (Wildman–Crippen MR) is 80.5 cm³/mol. The number of phenolic OH excluding ortho intramolecular Hbond substituents is 1. The molecular formula is C15H19N3O. The Morgan fingerprint density at radius 1 is 1.42 bits per heavy atom. The summed E-state index contributed by atoms with van der Waals surface area (Å²) in [6.07, 6.45) is 3.17. The molecule has 0 bridgehead atoms. The molecule has 19 heavy (non-hydrogen) atoms. The molecule has 0 radical (unpaired) electrons. The van der Waals surface area contributed by atoms with E-state index in [-0.39, 0.29) is 5.75 Å². The van der Waals surface area contributed by atoms with Gasteiger partial charge in [-0.15, -0.1) is 0 Å². The van der Waals surface area contributed by atoms with E-state index >= 15 is 0 Å². The number of phenols is 1. The first kappa shape index (κ1) is 14.7. The summed E-state index contributed by atoms with van der Waals surface area (Å²) in [7, 11) is 0. The molecule has 0 aliphatic rings. The number of nitrogens with zero attached hydrogens (tertiary/aromatic N) is 2. The van der Waals surface area contributed by atoms with Crippen molar-refractivity contribution in [3.8, 4) is 5.75 Å². The third-order valence-electron chi connectivity index (χ3n) is 2.50. The first-order valence-corrected chi connectivity index (χ1v) is 5.94. The number of rotatable bonds is 5. The lowest BCUT2D eigenvalue weighted by atomic mass is 10.1. The van der Waals surface area contributed by atoms with Gasteiger partial charge in [0.2, 0.25) is 0 Å².